The number of benzene rings is 1. The van der Waals surface area contributed by atoms with Gasteiger partial charge in [0.15, 0.2) is 11.6 Å². The minimum absolute atomic E-state index is 0.168. The average Bonchev–Trinajstić information content (AvgIpc) is 2.52. The van der Waals surface area contributed by atoms with Crippen LogP contribution in [-0.2, 0) is 4.74 Å². The van der Waals surface area contributed by atoms with Crippen LogP contribution in [0.25, 0.3) is 0 Å². The Morgan fingerprint density at radius 2 is 2.29 bits per heavy atom. The van der Waals surface area contributed by atoms with Gasteiger partial charge in [0.1, 0.15) is 0 Å². The van der Waals surface area contributed by atoms with Crippen molar-refractivity contribution in [3.8, 4) is 5.75 Å². The van der Waals surface area contributed by atoms with Crippen LogP contribution in [0.2, 0.25) is 0 Å². The fourth-order valence-corrected chi connectivity index (χ4v) is 2.92. The molecule has 4 heteroatoms. The van der Waals surface area contributed by atoms with E-state index in [-0.39, 0.29) is 11.9 Å². The zero-order valence-corrected chi connectivity index (χ0v) is 13.0. The van der Waals surface area contributed by atoms with E-state index >= 15 is 0 Å². The van der Waals surface area contributed by atoms with Crippen LogP contribution in [0.4, 0.5) is 4.39 Å². The van der Waals surface area contributed by atoms with Crippen LogP contribution in [0, 0.1) is 5.82 Å². The number of methoxy groups -OCH3 is 1. The summed E-state index contributed by atoms with van der Waals surface area (Å²) in [4.78, 5) is 0. The minimum Gasteiger partial charge on any atom is -0.494 e. The molecule has 21 heavy (non-hydrogen) atoms. The summed E-state index contributed by atoms with van der Waals surface area (Å²) in [5.74, 6) is -0.00330. The van der Waals surface area contributed by atoms with Gasteiger partial charge >= 0.3 is 0 Å². The van der Waals surface area contributed by atoms with E-state index in [4.69, 9.17) is 9.47 Å². The number of nitrogens with one attached hydrogen (secondary N) is 1. The van der Waals surface area contributed by atoms with Crippen LogP contribution in [-0.4, -0.2) is 26.4 Å². The monoisotopic (exact) mass is 295 g/mol. The Hall–Kier alpha value is -1.13. The molecule has 1 saturated heterocycles. The van der Waals surface area contributed by atoms with E-state index in [9.17, 15) is 4.39 Å². The Balaban J connectivity index is 1.98. The van der Waals surface area contributed by atoms with Gasteiger partial charge in [-0.3, -0.25) is 0 Å². The quantitative estimate of drug-likeness (QED) is 0.829. The van der Waals surface area contributed by atoms with Gasteiger partial charge in [-0.05, 0) is 56.3 Å². The number of rotatable bonds is 7. The van der Waals surface area contributed by atoms with E-state index in [0.717, 1.165) is 38.0 Å². The van der Waals surface area contributed by atoms with Crippen molar-refractivity contribution in [2.45, 2.75) is 51.2 Å². The van der Waals surface area contributed by atoms with Gasteiger partial charge in [-0.1, -0.05) is 13.0 Å². The third-order valence-electron chi connectivity index (χ3n) is 4.08. The normalized spacial score (nSPS) is 20.2. The van der Waals surface area contributed by atoms with Gasteiger partial charge in [0, 0.05) is 12.6 Å². The first-order chi connectivity index (χ1) is 10.2. The molecule has 1 fully saturated rings. The average molecular weight is 295 g/mol. The maximum Gasteiger partial charge on any atom is 0.165 e. The van der Waals surface area contributed by atoms with Gasteiger partial charge in [0.25, 0.3) is 0 Å². The second-order valence-electron chi connectivity index (χ2n) is 5.57. The largest absolute Gasteiger partial charge is 0.494 e. The Morgan fingerprint density at radius 3 is 2.90 bits per heavy atom. The summed E-state index contributed by atoms with van der Waals surface area (Å²) >= 11 is 0. The SMILES string of the molecule is CCNC(CCC1CCCCO1)c1ccc(OC)c(F)c1. The first kappa shape index (κ1) is 16.2. The van der Waals surface area contributed by atoms with Crippen molar-refractivity contribution in [1.82, 2.24) is 5.32 Å². The molecule has 1 heterocycles. The highest BCUT2D eigenvalue weighted by molar-refractivity contribution is 5.31. The Bertz CT molecular complexity index is 433. The summed E-state index contributed by atoms with van der Waals surface area (Å²) in [5, 5.41) is 3.44. The summed E-state index contributed by atoms with van der Waals surface area (Å²) in [7, 11) is 1.49. The molecule has 0 radical (unpaired) electrons. The molecule has 2 rings (SSSR count). The number of ether oxygens (including phenoxy) is 2. The number of hydrogen-bond acceptors (Lipinski definition) is 3. The predicted octanol–water partition coefficient (Wildman–Crippen LogP) is 3.83. The maximum atomic E-state index is 13.9. The lowest BCUT2D eigenvalue weighted by Crippen LogP contribution is -2.25. The van der Waals surface area contributed by atoms with Crippen LogP contribution in [0.5, 0.6) is 5.75 Å². The van der Waals surface area contributed by atoms with Crippen LogP contribution in [0.15, 0.2) is 18.2 Å². The topological polar surface area (TPSA) is 30.5 Å². The summed E-state index contributed by atoms with van der Waals surface area (Å²) < 4.78 is 24.6. The van der Waals surface area contributed by atoms with Crippen molar-refractivity contribution in [3.05, 3.63) is 29.6 Å². The molecule has 0 spiro atoms. The Labute approximate surface area is 126 Å². The summed E-state index contributed by atoms with van der Waals surface area (Å²) in [6, 6.07) is 5.39. The van der Waals surface area contributed by atoms with Gasteiger partial charge < -0.3 is 14.8 Å². The molecule has 2 unspecified atom stereocenters. The standard InChI is InChI=1S/C17H26FNO2/c1-3-19-16(9-8-14-6-4-5-11-21-14)13-7-10-17(20-2)15(18)12-13/h7,10,12,14,16,19H,3-6,8-9,11H2,1-2H3. The van der Waals surface area contributed by atoms with Gasteiger partial charge in [-0.15, -0.1) is 0 Å². The van der Waals surface area contributed by atoms with Gasteiger partial charge in [0.2, 0.25) is 0 Å². The summed E-state index contributed by atoms with van der Waals surface area (Å²) in [6.07, 6.45) is 5.93. The number of hydrogen-bond donors (Lipinski definition) is 1. The molecular formula is C17H26FNO2. The molecule has 3 nitrogen and oxygen atoms in total. The molecular weight excluding hydrogens is 269 g/mol. The molecule has 1 aromatic rings. The molecule has 0 aliphatic carbocycles. The third kappa shape index (κ3) is 4.68. The summed E-state index contributed by atoms with van der Waals surface area (Å²) in [6.45, 7) is 3.82. The molecule has 1 aliphatic heterocycles. The van der Waals surface area contributed by atoms with Crippen molar-refractivity contribution < 1.29 is 13.9 Å². The van der Waals surface area contributed by atoms with E-state index in [1.807, 2.05) is 6.07 Å². The molecule has 1 aliphatic rings. The van der Waals surface area contributed by atoms with E-state index in [2.05, 4.69) is 12.2 Å². The third-order valence-corrected chi connectivity index (χ3v) is 4.08. The second kappa shape index (κ2) is 8.35. The lowest BCUT2D eigenvalue weighted by molar-refractivity contribution is 0.00856. The zero-order valence-electron chi connectivity index (χ0n) is 13.0. The zero-order chi connectivity index (χ0) is 15.1. The second-order valence-corrected chi connectivity index (χ2v) is 5.57. The van der Waals surface area contributed by atoms with Crippen molar-refractivity contribution in [2.75, 3.05) is 20.3 Å². The number of halogens is 1. The predicted molar refractivity (Wildman–Crippen MR) is 82.2 cm³/mol. The first-order valence-electron chi connectivity index (χ1n) is 7.93. The molecule has 2 atom stereocenters. The maximum absolute atomic E-state index is 13.9. The van der Waals surface area contributed by atoms with E-state index in [0.29, 0.717) is 11.9 Å². The van der Waals surface area contributed by atoms with Crippen LogP contribution >= 0.6 is 0 Å². The van der Waals surface area contributed by atoms with E-state index < -0.39 is 0 Å². The smallest absolute Gasteiger partial charge is 0.165 e. The van der Waals surface area contributed by atoms with Crippen molar-refractivity contribution in [3.63, 3.8) is 0 Å². The van der Waals surface area contributed by atoms with Crippen molar-refractivity contribution in [2.24, 2.45) is 0 Å². The van der Waals surface area contributed by atoms with Crippen molar-refractivity contribution in [1.29, 1.82) is 0 Å². The minimum atomic E-state index is -0.299. The van der Waals surface area contributed by atoms with Crippen molar-refractivity contribution >= 4 is 0 Å². The highest BCUT2D eigenvalue weighted by Gasteiger charge is 2.18. The van der Waals surface area contributed by atoms with E-state index in [1.54, 1.807) is 12.1 Å². The van der Waals surface area contributed by atoms with Gasteiger partial charge in [-0.2, -0.15) is 0 Å². The highest BCUT2D eigenvalue weighted by atomic mass is 19.1. The highest BCUT2D eigenvalue weighted by Crippen LogP contribution is 2.27. The molecule has 0 aromatic heterocycles. The van der Waals surface area contributed by atoms with Gasteiger partial charge in [0.05, 0.1) is 13.2 Å². The molecule has 0 saturated carbocycles. The fraction of sp³-hybridized carbons (Fsp3) is 0.647. The Kier molecular flexibility index (Phi) is 6.46. The van der Waals surface area contributed by atoms with Gasteiger partial charge in [-0.25, -0.2) is 4.39 Å². The van der Waals surface area contributed by atoms with Crippen LogP contribution in [0.1, 0.15) is 50.6 Å². The molecule has 118 valence electrons. The molecule has 0 amide bonds. The van der Waals surface area contributed by atoms with Crippen LogP contribution in [0.3, 0.4) is 0 Å². The van der Waals surface area contributed by atoms with Crippen LogP contribution < -0.4 is 10.1 Å². The lowest BCUT2D eigenvalue weighted by atomic mass is 9.97. The molecule has 1 aromatic carbocycles. The Morgan fingerprint density at radius 1 is 1.43 bits per heavy atom. The lowest BCUT2D eigenvalue weighted by Gasteiger charge is -2.25. The fourth-order valence-electron chi connectivity index (χ4n) is 2.92. The summed E-state index contributed by atoms with van der Waals surface area (Å²) in [5.41, 5.74) is 0.978. The molecule has 1 N–H and O–H groups in total. The first-order valence-corrected chi connectivity index (χ1v) is 7.93. The van der Waals surface area contributed by atoms with E-state index in [1.165, 1.54) is 20.0 Å². The molecule has 0 bridgehead atoms.